The Hall–Kier alpha value is -3.33. The Bertz CT molecular complexity index is 1080. The third-order valence-corrected chi connectivity index (χ3v) is 5.87. The van der Waals surface area contributed by atoms with Crippen LogP contribution in [0.1, 0.15) is 29.8 Å². The van der Waals surface area contributed by atoms with E-state index >= 15 is 0 Å². The molecule has 8 nitrogen and oxygen atoms in total. The summed E-state index contributed by atoms with van der Waals surface area (Å²) in [5.74, 6) is -3.43. The number of aromatic nitrogens is 2. The molecule has 3 N–H and O–H groups in total. The van der Waals surface area contributed by atoms with E-state index in [2.05, 4.69) is 20.8 Å². The molecule has 0 radical (unpaired) electrons. The molecule has 1 aliphatic heterocycles. The van der Waals surface area contributed by atoms with E-state index in [0.29, 0.717) is 12.8 Å². The van der Waals surface area contributed by atoms with E-state index in [1.54, 1.807) is 6.08 Å². The van der Waals surface area contributed by atoms with E-state index in [-0.39, 0.29) is 34.2 Å². The summed E-state index contributed by atoms with van der Waals surface area (Å²) in [6, 6.07) is 9.67. The first-order chi connectivity index (χ1) is 17.3. The molecule has 1 aromatic carbocycles. The van der Waals surface area contributed by atoms with Crippen molar-refractivity contribution in [1.82, 2.24) is 15.5 Å². The highest BCUT2D eigenvalue weighted by atomic mass is 32.1. The molecule has 1 saturated heterocycles. The molecule has 0 bridgehead atoms. The summed E-state index contributed by atoms with van der Waals surface area (Å²) in [5, 5.41) is 17.5. The topological polar surface area (TPSA) is 121 Å². The zero-order chi connectivity index (χ0) is 27.6. The average molecular weight is 552 g/mol. The minimum atomic E-state index is -5.08. The highest BCUT2D eigenvalue weighted by Crippen LogP contribution is 2.33. The van der Waals surface area contributed by atoms with Gasteiger partial charge in [-0.05, 0) is 43.4 Å². The molecule has 0 spiro atoms. The number of rotatable bonds is 9. The number of anilines is 1. The van der Waals surface area contributed by atoms with Crippen molar-refractivity contribution in [3.8, 4) is 0 Å². The molecule has 37 heavy (non-hydrogen) atoms. The largest absolute Gasteiger partial charge is 0.490 e. The minimum Gasteiger partial charge on any atom is -0.475 e. The van der Waals surface area contributed by atoms with Crippen molar-refractivity contribution in [2.24, 2.45) is 5.92 Å². The van der Waals surface area contributed by atoms with Crippen molar-refractivity contribution < 1.29 is 45.8 Å². The number of nitrogens with one attached hydrogen (secondary N) is 2. The predicted molar refractivity (Wildman–Crippen MR) is 121 cm³/mol. The number of ketones is 1. The van der Waals surface area contributed by atoms with Gasteiger partial charge in [0, 0.05) is 6.42 Å². The van der Waals surface area contributed by atoms with Crippen molar-refractivity contribution in [2.75, 3.05) is 11.9 Å². The lowest BCUT2D eigenvalue weighted by Gasteiger charge is -2.27. The summed E-state index contributed by atoms with van der Waals surface area (Å²) in [5.41, 5.74) is 1.13. The van der Waals surface area contributed by atoms with Gasteiger partial charge in [0.1, 0.15) is 5.78 Å². The van der Waals surface area contributed by atoms with Crippen LogP contribution in [0.25, 0.3) is 0 Å². The van der Waals surface area contributed by atoms with Gasteiger partial charge in [-0.25, -0.2) is 4.79 Å². The highest BCUT2D eigenvalue weighted by Gasteiger charge is 2.38. The quantitative estimate of drug-likeness (QED) is 0.314. The number of carboxylic acid groups (broad SMARTS) is 1. The summed E-state index contributed by atoms with van der Waals surface area (Å²) in [7, 11) is 0. The number of hydrogen-bond acceptors (Lipinski definition) is 7. The molecule has 1 aromatic heterocycles. The number of aliphatic carboxylic acids is 1. The fourth-order valence-corrected chi connectivity index (χ4v) is 3.60. The Morgan fingerprint density at radius 3 is 2.24 bits per heavy atom. The predicted octanol–water partition coefficient (Wildman–Crippen LogP) is 4.26. The van der Waals surface area contributed by atoms with Gasteiger partial charge in [-0.3, -0.25) is 14.9 Å². The average Bonchev–Trinajstić information content (AvgIpc) is 3.24. The van der Waals surface area contributed by atoms with Crippen molar-refractivity contribution in [1.29, 1.82) is 0 Å². The lowest BCUT2D eigenvalue weighted by molar-refractivity contribution is -0.192. The van der Waals surface area contributed by atoms with Gasteiger partial charge < -0.3 is 10.4 Å². The molecular weight excluding hydrogens is 530 g/mol. The normalized spacial score (nSPS) is 16.3. The molecule has 1 fully saturated rings. The van der Waals surface area contributed by atoms with Gasteiger partial charge in [0.15, 0.2) is 0 Å². The van der Waals surface area contributed by atoms with E-state index in [4.69, 9.17) is 9.90 Å². The molecule has 2 heterocycles. The van der Waals surface area contributed by atoms with Crippen LogP contribution in [0.2, 0.25) is 0 Å². The van der Waals surface area contributed by atoms with Gasteiger partial charge in [0.05, 0.1) is 6.04 Å². The molecule has 0 unspecified atom stereocenters. The van der Waals surface area contributed by atoms with E-state index in [1.165, 1.54) is 6.08 Å². The van der Waals surface area contributed by atoms with Crippen LogP contribution in [0.4, 0.5) is 31.5 Å². The number of carbonyl (C=O) groups excluding carboxylic acids is 2. The molecule has 3 rings (SSSR count). The van der Waals surface area contributed by atoms with Crippen LogP contribution < -0.4 is 10.6 Å². The van der Waals surface area contributed by atoms with Crippen LogP contribution in [0, 0.1) is 5.92 Å². The minimum absolute atomic E-state index is 0.100. The number of carbonyl (C=O) groups is 3. The highest BCUT2D eigenvalue weighted by molar-refractivity contribution is 7.15. The molecule has 0 aliphatic carbocycles. The number of nitrogens with zero attached hydrogens (tertiary/aromatic N) is 2. The van der Waals surface area contributed by atoms with E-state index in [1.807, 2.05) is 30.3 Å². The number of amides is 1. The summed E-state index contributed by atoms with van der Waals surface area (Å²) in [4.78, 5) is 33.4. The van der Waals surface area contributed by atoms with Gasteiger partial charge >= 0.3 is 18.3 Å². The fraction of sp³-hybridized carbons (Fsp3) is 0.409. The summed E-state index contributed by atoms with van der Waals surface area (Å²) in [6.45, 7) is 0.825. The maximum atomic E-state index is 12.6. The molecule has 202 valence electrons. The van der Waals surface area contributed by atoms with Crippen molar-refractivity contribution >= 4 is 34.1 Å². The first-order valence-electron chi connectivity index (χ1n) is 10.8. The van der Waals surface area contributed by atoms with Gasteiger partial charge in [-0.1, -0.05) is 47.7 Å². The number of hydrogen-bond donors (Lipinski definition) is 3. The molecule has 1 amide bonds. The zero-order valence-corrected chi connectivity index (χ0v) is 19.8. The molecule has 15 heteroatoms. The third-order valence-electron chi connectivity index (χ3n) is 4.98. The lowest BCUT2D eigenvalue weighted by atomic mass is 9.89. The van der Waals surface area contributed by atoms with Crippen molar-refractivity contribution in [3.05, 3.63) is 53.1 Å². The smallest absolute Gasteiger partial charge is 0.475 e. The Morgan fingerprint density at radius 1 is 1.14 bits per heavy atom. The van der Waals surface area contributed by atoms with Gasteiger partial charge in [-0.2, -0.15) is 26.3 Å². The van der Waals surface area contributed by atoms with Crippen LogP contribution in [0.15, 0.2) is 42.5 Å². The number of aryl methyl sites for hydroxylation is 1. The maximum Gasteiger partial charge on any atom is 0.490 e. The number of carboxylic acids is 1. The number of allylic oxidation sites excluding steroid dienone is 1. The molecule has 1 aliphatic rings. The first kappa shape index (κ1) is 29.9. The number of alkyl halides is 6. The summed E-state index contributed by atoms with van der Waals surface area (Å²) >= 11 is 0.260. The van der Waals surface area contributed by atoms with E-state index in [9.17, 15) is 35.9 Å². The maximum absolute atomic E-state index is 12.6. The van der Waals surface area contributed by atoms with Crippen LogP contribution in [0.5, 0.6) is 0 Å². The zero-order valence-electron chi connectivity index (χ0n) is 19.0. The lowest BCUT2D eigenvalue weighted by Crippen LogP contribution is -2.48. The second-order valence-electron chi connectivity index (χ2n) is 7.81. The number of benzene rings is 1. The SMILES string of the molecule is O=C(/C=C/[C@H](CCc1ccccc1)CC(=O)[C@@H]1CCN1)Nc1nnc(C(F)(F)F)s1.O=C(O)C(F)(F)F. The summed E-state index contributed by atoms with van der Waals surface area (Å²) < 4.78 is 69.5. The second-order valence-corrected chi connectivity index (χ2v) is 8.79. The Balaban J connectivity index is 0.000000604. The first-order valence-corrected chi connectivity index (χ1v) is 11.6. The van der Waals surface area contributed by atoms with Crippen molar-refractivity contribution in [3.63, 3.8) is 0 Å². The van der Waals surface area contributed by atoms with Crippen LogP contribution in [-0.2, 0) is 27.0 Å². The van der Waals surface area contributed by atoms with Gasteiger partial charge in [-0.15, -0.1) is 10.2 Å². The van der Waals surface area contributed by atoms with Gasteiger partial charge in [0.25, 0.3) is 0 Å². The Morgan fingerprint density at radius 2 is 1.76 bits per heavy atom. The van der Waals surface area contributed by atoms with Crippen LogP contribution >= 0.6 is 11.3 Å². The fourth-order valence-electron chi connectivity index (χ4n) is 2.99. The van der Waals surface area contributed by atoms with Crippen LogP contribution in [-0.4, -0.2) is 51.7 Å². The molecule has 2 aromatic rings. The molecule has 0 saturated carbocycles. The van der Waals surface area contributed by atoms with Crippen molar-refractivity contribution in [2.45, 2.75) is 44.1 Å². The van der Waals surface area contributed by atoms with E-state index in [0.717, 1.165) is 24.9 Å². The Labute approximate surface area is 210 Å². The monoisotopic (exact) mass is 552 g/mol. The standard InChI is InChI=1S/C20H21F3N4O2S.C2HF3O2/c21-20(22,23)18-26-27-19(30-18)25-17(29)9-8-14(12-16(28)15-10-11-24-15)7-6-13-4-2-1-3-5-13;3-2(4,5)1(6)7/h1-5,8-9,14-15,24H,6-7,10-12H2,(H,25,27,29);(H,6,7)/b9-8+;/t14-,15-;/m0./s1. The molecule has 2 atom stereocenters. The Kier molecular flexibility index (Phi) is 10.7. The van der Waals surface area contributed by atoms with Crippen LogP contribution in [0.3, 0.4) is 0 Å². The second kappa shape index (κ2) is 13.3. The number of Topliss-reactive ketones (excluding diaryl/α,β-unsaturated/α-hetero) is 1. The summed E-state index contributed by atoms with van der Waals surface area (Å²) in [6.07, 6.45) is -4.28. The molecular formula is C22H22F6N4O4S. The van der Waals surface area contributed by atoms with Gasteiger partial charge in [0.2, 0.25) is 16.0 Å². The van der Waals surface area contributed by atoms with E-state index < -0.39 is 29.2 Å². The number of halogens is 6. The third kappa shape index (κ3) is 10.7.